The number of aromatic nitrogens is 2. The Balaban J connectivity index is 2.08. The summed E-state index contributed by atoms with van der Waals surface area (Å²) in [4.78, 5) is 19.4. The minimum Gasteiger partial charge on any atom is -0.493 e. The molecule has 2 N–H and O–H groups in total. The quantitative estimate of drug-likeness (QED) is 0.730. The van der Waals surface area contributed by atoms with Gasteiger partial charge in [0, 0.05) is 21.8 Å². The van der Waals surface area contributed by atoms with Gasteiger partial charge in [0.15, 0.2) is 11.5 Å². The molecule has 6 nitrogen and oxygen atoms in total. The summed E-state index contributed by atoms with van der Waals surface area (Å²) in [6.07, 6.45) is 0. The van der Waals surface area contributed by atoms with Crippen LogP contribution in [-0.2, 0) is 0 Å². The molecule has 0 aliphatic heterocycles. The lowest BCUT2D eigenvalue weighted by Gasteiger charge is -2.10. The number of nitrogens with zero attached hydrogens (tertiary/aromatic N) is 1. The van der Waals surface area contributed by atoms with E-state index in [0.29, 0.717) is 38.1 Å². The maximum Gasteiger partial charge on any atom is 0.260 e. The first-order valence-corrected chi connectivity index (χ1v) is 7.65. The molecular formula is C16H13Cl2N3O3. The molecule has 0 spiro atoms. The van der Waals surface area contributed by atoms with Crippen molar-refractivity contribution in [3.05, 3.63) is 50.7 Å². The molecule has 0 amide bonds. The lowest BCUT2D eigenvalue weighted by atomic mass is 10.2. The van der Waals surface area contributed by atoms with Gasteiger partial charge in [-0.3, -0.25) is 9.78 Å². The first kappa shape index (κ1) is 16.4. The van der Waals surface area contributed by atoms with Crippen molar-refractivity contribution in [1.82, 2.24) is 9.97 Å². The van der Waals surface area contributed by atoms with Crippen LogP contribution in [0.2, 0.25) is 10.0 Å². The Morgan fingerprint density at radius 2 is 1.62 bits per heavy atom. The zero-order valence-electron chi connectivity index (χ0n) is 12.8. The number of rotatable bonds is 4. The van der Waals surface area contributed by atoms with E-state index < -0.39 is 0 Å². The highest BCUT2D eigenvalue weighted by Gasteiger charge is 2.11. The maximum atomic E-state index is 12.3. The largest absolute Gasteiger partial charge is 0.493 e. The summed E-state index contributed by atoms with van der Waals surface area (Å²) in [7, 11) is 3.02. The summed E-state index contributed by atoms with van der Waals surface area (Å²) in [6.45, 7) is 0. The molecule has 2 aromatic carbocycles. The van der Waals surface area contributed by atoms with E-state index in [0.717, 1.165) is 0 Å². The molecule has 0 atom stereocenters. The lowest BCUT2D eigenvalue weighted by molar-refractivity contribution is 0.355. The van der Waals surface area contributed by atoms with E-state index in [4.69, 9.17) is 32.7 Å². The molecule has 0 radical (unpaired) electrons. The second kappa shape index (κ2) is 6.59. The molecule has 0 fully saturated rings. The van der Waals surface area contributed by atoms with Crippen molar-refractivity contribution < 1.29 is 9.47 Å². The first-order chi connectivity index (χ1) is 11.5. The van der Waals surface area contributed by atoms with Crippen LogP contribution in [0.15, 0.2) is 35.1 Å². The summed E-state index contributed by atoms with van der Waals surface area (Å²) >= 11 is 11.9. The molecule has 0 bridgehead atoms. The van der Waals surface area contributed by atoms with Gasteiger partial charge in [-0.05, 0) is 24.3 Å². The Morgan fingerprint density at radius 1 is 1.00 bits per heavy atom. The van der Waals surface area contributed by atoms with Crippen molar-refractivity contribution in [2.24, 2.45) is 0 Å². The fraction of sp³-hybridized carbons (Fsp3) is 0.125. The summed E-state index contributed by atoms with van der Waals surface area (Å²) in [5.74, 6) is 1.21. The second-order valence-electron chi connectivity index (χ2n) is 4.92. The third-order valence-corrected chi connectivity index (χ3v) is 3.77. The topological polar surface area (TPSA) is 76.2 Å². The molecular weight excluding hydrogens is 353 g/mol. The third-order valence-electron chi connectivity index (χ3n) is 3.34. The van der Waals surface area contributed by atoms with Crippen molar-refractivity contribution in [3.63, 3.8) is 0 Å². The number of anilines is 2. The molecule has 24 heavy (non-hydrogen) atoms. The van der Waals surface area contributed by atoms with Crippen molar-refractivity contribution >= 4 is 45.7 Å². The van der Waals surface area contributed by atoms with Crippen molar-refractivity contribution in [1.29, 1.82) is 0 Å². The Kier molecular flexibility index (Phi) is 4.51. The van der Waals surface area contributed by atoms with E-state index >= 15 is 0 Å². The molecule has 3 aromatic rings. The second-order valence-corrected chi connectivity index (χ2v) is 5.79. The Labute approximate surface area is 147 Å². The number of H-pyrrole nitrogens is 1. The third kappa shape index (κ3) is 3.25. The van der Waals surface area contributed by atoms with E-state index in [1.54, 1.807) is 30.3 Å². The first-order valence-electron chi connectivity index (χ1n) is 6.89. The van der Waals surface area contributed by atoms with E-state index in [9.17, 15) is 4.79 Å². The summed E-state index contributed by atoms with van der Waals surface area (Å²) in [6, 6.07) is 8.18. The van der Waals surface area contributed by atoms with Gasteiger partial charge in [-0.2, -0.15) is 0 Å². The normalized spacial score (nSPS) is 10.7. The number of ether oxygens (including phenoxy) is 2. The van der Waals surface area contributed by atoms with Crippen molar-refractivity contribution in [2.45, 2.75) is 0 Å². The molecule has 0 unspecified atom stereocenters. The van der Waals surface area contributed by atoms with Gasteiger partial charge in [0.25, 0.3) is 5.56 Å². The van der Waals surface area contributed by atoms with Crippen LogP contribution in [0.4, 0.5) is 11.6 Å². The predicted molar refractivity (Wildman–Crippen MR) is 95.2 cm³/mol. The molecule has 3 rings (SSSR count). The van der Waals surface area contributed by atoms with Crippen LogP contribution in [-0.4, -0.2) is 24.2 Å². The van der Waals surface area contributed by atoms with E-state index in [2.05, 4.69) is 15.3 Å². The van der Waals surface area contributed by atoms with Gasteiger partial charge in [0.05, 0.1) is 25.1 Å². The van der Waals surface area contributed by atoms with Crippen LogP contribution in [0, 0.1) is 0 Å². The fourth-order valence-electron chi connectivity index (χ4n) is 2.29. The van der Waals surface area contributed by atoms with Crippen molar-refractivity contribution in [3.8, 4) is 11.5 Å². The SMILES string of the molecule is COc1cc2nc(Nc3cc(Cl)cc(Cl)c3)[nH]c(=O)c2cc1OC. The Morgan fingerprint density at radius 3 is 2.25 bits per heavy atom. The number of benzene rings is 2. The fourth-order valence-corrected chi connectivity index (χ4v) is 2.81. The van der Waals surface area contributed by atoms with Gasteiger partial charge in [-0.15, -0.1) is 0 Å². The van der Waals surface area contributed by atoms with Gasteiger partial charge in [0.1, 0.15) is 0 Å². The van der Waals surface area contributed by atoms with Gasteiger partial charge >= 0.3 is 0 Å². The van der Waals surface area contributed by atoms with Crippen LogP contribution in [0.1, 0.15) is 0 Å². The van der Waals surface area contributed by atoms with Crippen LogP contribution in [0.5, 0.6) is 11.5 Å². The summed E-state index contributed by atoms with van der Waals surface area (Å²) in [5.41, 5.74) is 0.763. The molecule has 1 aromatic heterocycles. The number of fused-ring (bicyclic) bond motifs is 1. The smallest absolute Gasteiger partial charge is 0.260 e. The summed E-state index contributed by atoms with van der Waals surface area (Å²) < 4.78 is 10.4. The van der Waals surface area contributed by atoms with Crippen molar-refractivity contribution in [2.75, 3.05) is 19.5 Å². The van der Waals surface area contributed by atoms with Crippen LogP contribution >= 0.6 is 23.2 Å². The van der Waals surface area contributed by atoms with Gasteiger partial charge in [-0.1, -0.05) is 23.2 Å². The Bertz CT molecular complexity index is 952. The highest BCUT2D eigenvalue weighted by Crippen LogP contribution is 2.30. The van der Waals surface area contributed by atoms with E-state index in [-0.39, 0.29) is 11.5 Å². The van der Waals surface area contributed by atoms with Crippen LogP contribution < -0.4 is 20.3 Å². The number of halogens is 2. The highest BCUT2D eigenvalue weighted by molar-refractivity contribution is 6.35. The standard InChI is InChI=1S/C16H13Cl2N3O3/c1-23-13-6-11-12(7-14(13)24-2)20-16(21-15(11)22)19-10-4-8(17)3-9(18)5-10/h3-7H,1-2H3,(H2,19,20,21,22). The highest BCUT2D eigenvalue weighted by atomic mass is 35.5. The number of aromatic amines is 1. The van der Waals surface area contributed by atoms with E-state index in [1.165, 1.54) is 14.2 Å². The minimum atomic E-state index is -0.309. The molecule has 0 aliphatic rings. The number of nitrogens with one attached hydrogen (secondary N) is 2. The van der Waals surface area contributed by atoms with Gasteiger partial charge < -0.3 is 14.8 Å². The number of hydrogen-bond acceptors (Lipinski definition) is 5. The van der Waals surface area contributed by atoms with Gasteiger partial charge in [0.2, 0.25) is 5.95 Å². The number of methoxy groups -OCH3 is 2. The average molecular weight is 366 g/mol. The zero-order valence-corrected chi connectivity index (χ0v) is 14.3. The number of hydrogen-bond donors (Lipinski definition) is 2. The molecule has 124 valence electrons. The molecule has 0 aliphatic carbocycles. The molecule has 0 saturated heterocycles. The summed E-state index contributed by atoms with van der Waals surface area (Å²) in [5, 5.41) is 4.31. The molecule has 0 saturated carbocycles. The van der Waals surface area contributed by atoms with Crippen LogP contribution in [0.3, 0.4) is 0 Å². The van der Waals surface area contributed by atoms with Crippen LogP contribution in [0.25, 0.3) is 10.9 Å². The maximum absolute atomic E-state index is 12.3. The average Bonchev–Trinajstić information content (AvgIpc) is 2.52. The molecule has 8 heteroatoms. The zero-order chi connectivity index (χ0) is 17.3. The monoisotopic (exact) mass is 365 g/mol. The molecule has 1 heterocycles. The lowest BCUT2D eigenvalue weighted by Crippen LogP contribution is -2.11. The van der Waals surface area contributed by atoms with Gasteiger partial charge in [-0.25, -0.2) is 4.98 Å². The minimum absolute atomic E-state index is 0.262. The Hall–Kier alpha value is -2.44. The van der Waals surface area contributed by atoms with E-state index in [1.807, 2.05) is 0 Å². The predicted octanol–water partition coefficient (Wildman–Crippen LogP) is 3.99.